The number of benzene rings is 2. The fraction of sp³-hybridized carbons (Fsp3) is 0.0500. The van der Waals surface area contributed by atoms with Gasteiger partial charge < -0.3 is 5.32 Å². The van der Waals surface area contributed by atoms with Crippen LogP contribution in [0.2, 0.25) is 10.0 Å². The van der Waals surface area contributed by atoms with Crippen LogP contribution >= 0.6 is 23.2 Å². The lowest BCUT2D eigenvalue weighted by molar-refractivity contribution is 0.631. The van der Waals surface area contributed by atoms with E-state index in [0.29, 0.717) is 32.2 Å². The number of pyridine rings is 1. The molecule has 0 aliphatic carbocycles. The topological polar surface area (TPSA) is 59.8 Å². The van der Waals surface area contributed by atoms with Gasteiger partial charge in [0.15, 0.2) is 0 Å². The Labute approximate surface area is 169 Å². The fourth-order valence-corrected chi connectivity index (χ4v) is 3.53. The van der Waals surface area contributed by atoms with E-state index in [-0.39, 0.29) is 17.2 Å². The summed E-state index contributed by atoms with van der Waals surface area (Å²) in [4.78, 5) is 21.5. The van der Waals surface area contributed by atoms with Crippen LogP contribution in [0.25, 0.3) is 22.2 Å². The zero-order valence-corrected chi connectivity index (χ0v) is 16.1. The van der Waals surface area contributed by atoms with Gasteiger partial charge >= 0.3 is 0 Å². The monoisotopic (exact) mass is 414 g/mol. The molecule has 0 radical (unpaired) electrons. The van der Waals surface area contributed by atoms with Crippen LogP contribution in [0.1, 0.15) is 0 Å². The molecule has 0 unspecified atom stereocenters. The lowest BCUT2D eigenvalue weighted by Crippen LogP contribution is -2.20. The van der Waals surface area contributed by atoms with Gasteiger partial charge in [-0.3, -0.25) is 9.36 Å². The highest BCUT2D eigenvalue weighted by atomic mass is 35.5. The van der Waals surface area contributed by atoms with E-state index in [1.807, 2.05) is 0 Å². The minimum Gasteiger partial charge on any atom is -0.322 e. The number of aryl methyl sites for hydroxylation is 1. The summed E-state index contributed by atoms with van der Waals surface area (Å²) < 4.78 is 15.2. The van der Waals surface area contributed by atoms with Gasteiger partial charge in [0, 0.05) is 24.2 Å². The quantitative estimate of drug-likeness (QED) is 0.501. The first-order valence-corrected chi connectivity index (χ1v) is 9.04. The molecule has 2 aromatic heterocycles. The van der Waals surface area contributed by atoms with E-state index in [1.165, 1.54) is 10.6 Å². The molecule has 1 N–H and O–H groups in total. The number of hydrogen-bond donors (Lipinski definition) is 1. The molecular formula is C20H13Cl2FN4O. The number of halogens is 3. The number of fused-ring (bicyclic) bond motifs is 1. The first-order chi connectivity index (χ1) is 13.5. The van der Waals surface area contributed by atoms with Gasteiger partial charge in [0.2, 0.25) is 5.95 Å². The standard InChI is InChI=1S/C20H13Cl2FN4O/c1-27-18-11(9-12(19(27)28)17-13(21)5-4-6-14(17)22)10-24-20(26-18)25-16-8-3-2-7-15(16)23/h2-10H,1H3,(H,24,25,26). The third kappa shape index (κ3) is 3.21. The van der Waals surface area contributed by atoms with Crippen LogP contribution in [0.15, 0.2) is 59.5 Å². The number of hydrogen-bond acceptors (Lipinski definition) is 4. The van der Waals surface area contributed by atoms with Crippen molar-refractivity contribution in [3.8, 4) is 11.1 Å². The molecule has 0 saturated heterocycles. The maximum atomic E-state index is 13.9. The van der Waals surface area contributed by atoms with Crippen LogP contribution in [0.5, 0.6) is 0 Å². The first-order valence-electron chi connectivity index (χ1n) is 8.28. The highest BCUT2D eigenvalue weighted by molar-refractivity contribution is 6.39. The summed E-state index contributed by atoms with van der Waals surface area (Å²) in [6.07, 6.45) is 1.55. The summed E-state index contributed by atoms with van der Waals surface area (Å²) >= 11 is 12.5. The smallest absolute Gasteiger partial charge is 0.259 e. The summed E-state index contributed by atoms with van der Waals surface area (Å²) in [5.41, 5.74) is 1.14. The average Bonchev–Trinajstić information content (AvgIpc) is 2.68. The summed E-state index contributed by atoms with van der Waals surface area (Å²) in [5, 5.41) is 4.19. The van der Waals surface area contributed by atoms with Crippen molar-refractivity contribution in [2.45, 2.75) is 0 Å². The van der Waals surface area contributed by atoms with Crippen LogP contribution in [-0.2, 0) is 7.05 Å². The Bertz CT molecular complexity index is 1250. The van der Waals surface area contributed by atoms with Crippen molar-refractivity contribution in [3.05, 3.63) is 80.9 Å². The van der Waals surface area contributed by atoms with Gasteiger partial charge in [-0.25, -0.2) is 9.37 Å². The van der Waals surface area contributed by atoms with Crippen molar-refractivity contribution < 1.29 is 4.39 Å². The molecule has 0 bridgehead atoms. The van der Waals surface area contributed by atoms with Crippen molar-refractivity contribution >= 4 is 45.9 Å². The van der Waals surface area contributed by atoms with Gasteiger partial charge in [0.1, 0.15) is 11.5 Å². The molecule has 2 heterocycles. The molecular weight excluding hydrogens is 402 g/mol. The van der Waals surface area contributed by atoms with Crippen LogP contribution in [0.4, 0.5) is 16.0 Å². The molecule has 28 heavy (non-hydrogen) atoms. The highest BCUT2D eigenvalue weighted by Crippen LogP contribution is 2.33. The molecule has 4 rings (SSSR count). The van der Waals surface area contributed by atoms with Gasteiger partial charge in [0.25, 0.3) is 5.56 Å². The second-order valence-electron chi connectivity index (χ2n) is 6.10. The summed E-state index contributed by atoms with van der Waals surface area (Å²) in [5.74, 6) is -0.250. The molecule has 0 saturated carbocycles. The Morgan fingerprint density at radius 1 is 1.07 bits per heavy atom. The Kier molecular flexibility index (Phi) is 4.75. The predicted molar refractivity (Wildman–Crippen MR) is 110 cm³/mol. The van der Waals surface area contributed by atoms with Gasteiger partial charge in [-0.1, -0.05) is 41.4 Å². The van der Waals surface area contributed by atoms with Gasteiger partial charge in [0.05, 0.1) is 21.3 Å². The molecule has 8 heteroatoms. The highest BCUT2D eigenvalue weighted by Gasteiger charge is 2.16. The predicted octanol–water partition coefficient (Wildman–Crippen LogP) is 5.19. The van der Waals surface area contributed by atoms with Gasteiger partial charge in [-0.05, 0) is 30.3 Å². The Morgan fingerprint density at radius 3 is 2.50 bits per heavy atom. The Morgan fingerprint density at radius 2 is 1.79 bits per heavy atom. The molecule has 4 aromatic rings. The third-order valence-corrected chi connectivity index (χ3v) is 4.93. The Hall–Kier alpha value is -2.96. The summed E-state index contributed by atoms with van der Waals surface area (Å²) in [6, 6.07) is 12.9. The first kappa shape index (κ1) is 18.4. The second kappa shape index (κ2) is 7.22. The lowest BCUT2D eigenvalue weighted by Gasteiger charge is -2.12. The maximum absolute atomic E-state index is 13.9. The molecule has 0 spiro atoms. The van der Waals surface area contributed by atoms with Crippen LogP contribution < -0.4 is 10.9 Å². The zero-order valence-electron chi connectivity index (χ0n) is 14.6. The summed E-state index contributed by atoms with van der Waals surface area (Å²) in [6.45, 7) is 0. The minimum absolute atomic E-state index is 0.177. The van der Waals surface area contributed by atoms with Crippen molar-refractivity contribution in [2.24, 2.45) is 7.05 Å². The molecule has 0 fully saturated rings. The average molecular weight is 415 g/mol. The Balaban J connectivity index is 1.85. The lowest BCUT2D eigenvalue weighted by atomic mass is 10.1. The van der Waals surface area contributed by atoms with Gasteiger partial charge in [-0.2, -0.15) is 4.98 Å². The summed E-state index contributed by atoms with van der Waals surface area (Å²) in [7, 11) is 1.60. The molecule has 0 amide bonds. The van der Waals surface area contributed by atoms with Crippen molar-refractivity contribution in [1.29, 1.82) is 0 Å². The number of rotatable bonds is 3. The van der Waals surface area contributed by atoms with Crippen LogP contribution in [0.3, 0.4) is 0 Å². The van der Waals surface area contributed by atoms with E-state index in [2.05, 4.69) is 15.3 Å². The molecule has 0 aliphatic rings. The number of nitrogens with zero attached hydrogens (tertiary/aromatic N) is 3. The van der Waals surface area contributed by atoms with E-state index < -0.39 is 5.82 Å². The SMILES string of the molecule is Cn1c(=O)c(-c2c(Cl)cccc2Cl)cc2cnc(Nc3ccccc3F)nc21. The van der Waals surface area contributed by atoms with E-state index >= 15 is 0 Å². The van der Waals surface area contributed by atoms with Gasteiger partial charge in [-0.15, -0.1) is 0 Å². The number of nitrogens with one attached hydrogen (secondary N) is 1. The van der Waals surface area contributed by atoms with Crippen molar-refractivity contribution in [1.82, 2.24) is 14.5 Å². The van der Waals surface area contributed by atoms with Crippen molar-refractivity contribution in [3.63, 3.8) is 0 Å². The third-order valence-electron chi connectivity index (χ3n) is 4.30. The van der Waals surface area contributed by atoms with E-state index in [1.54, 1.807) is 55.7 Å². The molecule has 5 nitrogen and oxygen atoms in total. The second-order valence-corrected chi connectivity index (χ2v) is 6.91. The number of anilines is 2. The zero-order chi connectivity index (χ0) is 19.8. The van der Waals surface area contributed by atoms with Crippen LogP contribution in [0, 0.1) is 5.82 Å². The molecule has 0 aliphatic heterocycles. The molecule has 140 valence electrons. The van der Waals surface area contributed by atoms with E-state index in [0.717, 1.165) is 0 Å². The number of aromatic nitrogens is 3. The molecule has 2 aromatic carbocycles. The van der Waals surface area contributed by atoms with E-state index in [9.17, 15) is 9.18 Å². The number of para-hydroxylation sites is 1. The van der Waals surface area contributed by atoms with Crippen LogP contribution in [-0.4, -0.2) is 14.5 Å². The normalized spacial score (nSPS) is 11.0. The minimum atomic E-state index is -0.427. The van der Waals surface area contributed by atoms with Crippen molar-refractivity contribution in [2.75, 3.05) is 5.32 Å². The largest absolute Gasteiger partial charge is 0.322 e. The fourth-order valence-electron chi connectivity index (χ4n) is 2.92. The maximum Gasteiger partial charge on any atom is 0.259 e. The van der Waals surface area contributed by atoms with E-state index in [4.69, 9.17) is 23.2 Å². The molecule has 0 atom stereocenters.